The van der Waals surface area contributed by atoms with Crippen LogP contribution in [0.15, 0.2) is 17.2 Å². The quantitative estimate of drug-likeness (QED) is 0.755. The van der Waals surface area contributed by atoms with Gasteiger partial charge in [-0.2, -0.15) is 4.31 Å². The van der Waals surface area contributed by atoms with Gasteiger partial charge in [-0.1, -0.05) is 0 Å². The predicted molar refractivity (Wildman–Crippen MR) is 64.7 cm³/mol. The molecule has 0 aliphatic carbocycles. The topological polar surface area (TPSA) is 68.6 Å². The van der Waals surface area contributed by atoms with Gasteiger partial charge in [0.1, 0.15) is 10.6 Å². The van der Waals surface area contributed by atoms with E-state index < -0.39 is 16.0 Å². The van der Waals surface area contributed by atoms with E-state index in [1.807, 2.05) is 0 Å². The lowest BCUT2D eigenvalue weighted by molar-refractivity contribution is 0.0590. The Morgan fingerprint density at radius 2 is 1.94 bits per heavy atom. The van der Waals surface area contributed by atoms with E-state index in [0.29, 0.717) is 13.1 Å². The first kappa shape index (κ1) is 13.1. The number of esters is 1. The summed E-state index contributed by atoms with van der Waals surface area (Å²) in [6, 6.07) is 1.36. The highest BCUT2D eigenvalue weighted by Crippen LogP contribution is 2.22. The van der Waals surface area contributed by atoms with Crippen molar-refractivity contribution in [3.05, 3.63) is 18.0 Å². The molecule has 0 saturated carbocycles. The highest BCUT2D eigenvalue weighted by atomic mass is 32.2. The van der Waals surface area contributed by atoms with Gasteiger partial charge in [-0.3, -0.25) is 0 Å². The number of aromatic nitrogens is 1. The molecule has 0 atom stereocenters. The minimum atomic E-state index is -3.48. The van der Waals surface area contributed by atoms with Gasteiger partial charge in [-0.25, -0.2) is 13.2 Å². The molecule has 0 amide bonds. The number of nitrogens with zero attached hydrogens (tertiary/aromatic N) is 2. The van der Waals surface area contributed by atoms with Gasteiger partial charge in [-0.05, 0) is 18.9 Å². The van der Waals surface area contributed by atoms with Crippen LogP contribution in [0.4, 0.5) is 0 Å². The zero-order valence-corrected chi connectivity index (χ0v) is 11.2. The van der Waals surface area contributed by atoms with Crippen LogP contribution in [0.2, 0.25) is 0 Å². The fourth-order valence-corrected chi connectivity index (χ4v) is 3.65. The van der Waals surface area contributed by atoms with Gasteiger partial charge in [0.2, 0.25) is 10.0 Å². The first-order valence-electron chi connectivity index (χ1n) is 5.71. The molecule has 0 bridgehead atoms. The number of sulfonamides is 1. The molecule has 0 N–H and O–H groups in total. The molecule has 2 rings (SSSR count). The molecule has 18 heavy (non-hydrogen) atoms. The molecule has 1 aromatic rings. The maximum absolute atomic E-state index is 12.3. The van der Waals surface area contributed by atoms with Crippen LogP contribution < -0.4 is 0 Å². The molecule has 100 valence electrons. The van der Waals surface area contributed by atoms with E-state index in [9.17, 15) is 13.2 Å². The van der Waals surface area contributed by atoms with Crippen LogP contribution in [-0.2, 0) is 21.8 Å². The number of methoxy groups -OCH3 is 1. The average molecular weight is 272 g/mol. The highest BCUT2D eigenvalue weighted by molar-refractivity contribution is 7.89. The third-order valence-electron chi connectivity index (χ3n) is 3.08. The van der Waals surface area contributed by atoms with Crippen LogP contribution in [0.5, 0.6) is 0 Å². The summed E-state index contributed by atoms with van der Waals surface area (Å²) in [5.74, 6) is -0.541. The molecular weight excluding hydrogens is 256 g/mol. The minimum absolute atomic E-state index is 0.146. The van der Waals surface area contributed by atoms with E-state index >= 15 is 0 Å². The monoisotopic (exact) mass is 272 g/mol. The number of carbonyl (C=O) groups excluding carboxylic acids is 1. The molecule has 1 saturated heterocycles. The zero-order valence-electron chi connectivity index (χ0n) is 10.4. The summed E-state index contributed by atoms with van der Waals surface area (Å²) >= 11 is 0. The Kier molecular flexibility index (Phi) is 3.45. The SMILES string of the molecule is COC(=O)c1cc(S(=O)(=O)N2CCCC2)cn1C. The largest absolute Gasteiger partial charge is 0.464 e. The summed E-state index contributed by atoms with van der Waals surface area (Å²) in [7, 11) is -0.589. The van der Waals surface area contributed by atoms with E-state index in [1.165, 1.54) is 28.2 Å². The van der Waals surface area contributed by atoms with Gasteiger partial charge in [0.25, 0.3) is 0 Å². The second-order valence-electron chi connectivity index (χ2n) is 4.27. The average Bonchev–Trinajstić information content (AvgIpc) is 2.97. The molecule has 1 fully saturated rings. The van der Waals surface area contributed by atoms with Crippen LogP contribution in [0.1, 0.15) is 23.3 Å². The fraction of sp³-hybridized carbons (Fsp3) is 0.545. The second kappa shape index (κ2) is 4.74. The van der Waals surface area contributed by atoms with Crippen LogP contribution in [0.3, 0.4) is 0 Å². The van der Waals surface area contributed by atoms with Crippen molar-refractivity contribution < 1.29 is 17.9 Å². The highest BCUT2D eigenvalue weighted by Gasteiger charge is 2.29. The zero-order chi connectivity index (χ0) is 13.3. The molecule has 1 aromatic heterocycles. The molecule has 6 nitrogen and oxygen atoms in total. The van der Waals surface area contributed by atoms with E-state index in [1.54, 1.807) is 7.05 Å². The summed E-state index contributed by atoms with van der Waals surface area (Å²) in [5.41, 5.74) is 0.232. The molecule has 2 heterocycles. The van der Waals surface area contributed by atoms with Crippen LogP contribution >= 0.6 is 0 Å². The molecular formula is C11H16N2O4S. The van der Waals surface area contributed by atoms with Crippen molar-refractivity contribution in [1.29, 1.82) is 0 Å². The Balaban J connectivity index is 2.37. The molecule has 0 unspecified atom stereocenters. The van der Waals surface area contributed by atoms with Crippen LogP contribution in [-0.4, -0.2) is 43.5 Å². The number of carbonyl (C=O) groups is 1. The molecule has 1 aliphatic rings. The molecule has 0 radical (unpaired) electrons. The van der Waals surface area contributed by atoms with Crippen molar-refractivity contribution in [2.45, 2.75) is 17.7 Å². The van der Waals surface area contributed by atoms with Gasteiger partial charge < -0.3 is 9.30 Å². The van der Waals surface area contributed by atoms with Crippen molar-refractivity contribution in [2.24, 2.45) is 7.05 Å². The molecule has 1 aliphatic heterocycles. The standard InChI is InChI=1S/C11H16N2O4S/c1-12-8-9(7-10(12)11(14)17-2)18(15,16)13-5-3-4-6-13/h7-8H,3-6H2,1-2H3. The van der Waals surface area contributed by atoms with Crippen molar-refractivity contribution in [2.75, 3.05) is 20.2 Å². The van der Waals surface area contributed by atoms with Crippen molar-refractivity contribution in [3.8, 4) is 0 Å². The summed E-state index contributed by atoms with van der Waals surface area (Å²) in [5, 5.41) is 0. The number of hydrogen-bond donors (Lipinski definition) is 0. The smallest absolute Gasteiger partial charge is 0.354 e. The second-order valence-corrected chi connectivity index (χ2v) is 6.21. The minimum Gasteiger partial charge on any atom is -0.464 e. The number of rotatable bonds is 3. The number of hydrogen-bond acceptors (Lipinski definition) is 4. The number of ether oxygens (including phenoxy) is 1. The van der Waals surface area contributed by atoms with E-state index in [4.69, 9.17) is 0 Å². The first-order valence-corrected chi connectivity index (χ1v) is 7.15. The van der Waals surface area contributed by atoms with Crippen molar-refractivity contribution in [3.63, 3.8) is 0 Å². The Hall–Kier alpha value is -1.34. The van der Waals surface area contributed by atoms with Gasteiger partial charge in [0.05, 0.1) is 7.11 Å². The van der Waals surface area contributed by atoms with Gasteiger partial charge in [0.15, 0.2) is 0 Å². The lowest BCUT2D eigenvalue weighted by Crippen LogP contribution is -2.27. The predicted octanol–water partition coefficient (Wildman–Crippen LogP) is 0.596. The van der Waals surface area contributed by atoms with Gasteiger partial charge in [0, 0.05) is 26.3 Å². The first-order chi connectivity index (χ1) is 8.46. The van der Waals surface area contributed by atoms with Crippen molar-refractivity contribution in [1.82, 2.24) is 8.87 Å². The summed E-state index contributed by atoms with van der Waals surface area (Å²) in [6.07, 6.45) is 3.21. The maximum atomic E-state index is 12.3. The Labute approximate surface area is 106 Å². The van der Waals surface area contributed by atoms with Crippen molar-refractivity contribution >= 4 is 16.0 Å². The summed E-state index contributed by atoms with van der Waals surface area (Å²) in [4.78, 5) is 11.6. The lowest BCUT2D eigenvalue weighted by Gasteiger charge is -2.13. The molecule has 0 aromatic carbocycles. The van der Waals surface area contributed by atoms with E-state index in [2.05, 4.69) is 4.74 Å². The van der Waals surface area contributed by atoms with E-state index in [0.717, 1.165) is 12.8 Å². The normalized spacial score (nSPS) is 17.0. The molecule has 0 spiro atoms. The van der Waals surface area contributed by atoms with Crippen LogP contribution in [0.25, 0.3) is 0 Å². The van der Waals surface area contributed by atoms with Gasteiger partial charge >= 0.3 is 5.97 Å². The van der Waals surface area contributed by atoms with E-state index in [-0.39, 0.29) is 10.6 Å². The summed E-state index contributed by atoms with van der Waals surface area (Å²) in [6.45, 7) is 1.09. The Morgan fingerprint density at radius 1 is 1.33 bits per heavy atom. The van der Waals surface area contributed by atoms with Gasteiger partial charge in [-0.15, -0.1) is 0 Å². The fourth-order valence-electron chi connectivity index (χ4n) is 2.06. The Bertz CT molecular complexity index is 556. The third kappa shape index (κ3) is 2.15. The number of aryl methyl sites for hydroxylation is 1. The maximum Gasteiger partial charge on any atom is 0.354 e. The lowest BCUT2D eigenvalue weighted by atomic mass is 10.4. The third-order valence-corrected chi connectivity index (χ3v) is 4.94. The van der Waals surface area contributed by atoms with Crippen LogP contribution in [0, 0.1) is 0 Å². The molecule has 7 heteroatoms. The summed E-state index contributed by atoms with van der Waals surface area (Å²) < 4.78 is 32.1. The Morgan fingerprint density at radius 3 is 2.50 bits per heavy atom.